The van der Waals surface area contributed by atoms with Crippen LogP contribution < -0.4 is 24.8 Å². The second kappa shape index (κ2) is 15.0. The zero-order chi connectivity index (χ0) is 20.9. The van der Waals surface area contributed by atoms with Crippen LogP contribution in [0.25, 0.3) is 0 Å². The molecule has 7 nitrogen and oxygen atoms in total. The summed E-state index contributed by atoms with van der Waals surface area (Å²) in [6.07, 6.45) is 3.42. The van der Waals surface area contributed by atoms with Crippen LogP contribution in [-0.2, 0) is 6.42 Å². The van der Waals surface area contributed by atoms with Crippen LogP contribution in [0.15, 0.2) is 41.5 Å². The summed E-state index contributed by atoms with van der Waals surface area (Å²) in [5.41, 5.74) is 1.12. The molecule has 0 spiro atoms. The molecule has 0 saturated carbocycles. The lowest BCUT2D eigenvalue weighted by Gasteiger charge is -2.12. The number of rotatable bonds is 11. The summed E-state index contributed by atoms with van der Waals surface area (Å²) in [5.74, 6) is 2.91. The molecule has 0 radical (unpaired) electrons. The Labute approximate surface area is 200 Å². The lowest BCUT2D eigenvalue weighted by atomic mass is 10.2. The predicted molar refractivity (Wildman–Crippen MR) is 132 cm³/mol. The van der Waals surface area contributed by atoms with E-state index < -0.39 is 0 Å². The summed E-state index contributed by atoms with van der Waals surface area (Å²) in [7, 11) is 3.23. The SMILES string of the molecule is CCNC(=NCCCOc1cc(OC)cc(OC)c1)NCCc1ccc(Cl)nc1.I. The fraction of sp³-hybridized carbons (Fsp3) is 0.429. The predicted octanol–water partition coefficient (Wildman–Crippen LogP) is 3.94. The second-order valence-electron chi connectivity index (χ2n) is 6.18. The van der Waals surface area contributed by atoms with Crippen molar-refractivity contribution in [3.63, 3.8) is 0 Å². The van der Waals surface area contributed by atoms with Crippen LogP contribution in [0.3, 0.4) is 0 Å². The molecule has 2 aromatic rings. The van der Waals surface area contributed by atoms with Crippen molar-refractivity contribution in [2.45, 2.75) is 19.8 Å². The average Bonchev–Trinajstić information content (AvgIpc) is 2.74. The molecule has 30 heavy (non-hydrogen) atoms. The third-order valence-electron chi connectivity index (χ3n) is 4.01. The Morgan fingerprint density at radius 2 is 1.77 bits per heavy atom. The highest BCUT2D eigenvalue weighted by molar-refractivity contribution is 14.0. The van der Waals surface area contributed by atoms with Gasteiger partial charge in [-0.25, -0.2) is 4.98 Å². The van der Waals surface area contributed by atoms with Gasteiger partial charge in [0.15, 0.2) is 5.96 Å². The Morgan fingerprint density at radius 1 is 1.07 bits per heavy atom. The normalized spacial score (nSPS) is 10.7. The minimum absolute atomic E-state index is 0. The summed E-state index contributed by atoms with van der Waals surface area (Å²) in [4.78, 5) is 8.68. The van der Waals surface area contributed by atoms with Gasteiger partial charge in [0, 0.05) is 50.5 Å². The minimum atomic E-state index is 0. The number of aliphatic imine (C=N–C) groups is 1. The summed E-state index contributed by atoms with van der Waals surface area (Å²) < 4.78 is 16.3. The summed E-state index contributed by atoms with van der Waals surface area (Å²) in [5, 5.41) is 7.08. The second-order valence-corrected chi connectivity index (χ2v) is 6.56. The Balaban J connectivity index is 0.00000450. The van der Waals surface area contributed by atoms with Crippen molar-refractivity contribution in [2.24, 2.45) is 4.99 Å². The standard InChI is InChI=1S/C21H29ClN4O3.HI/c1-4-23-21(25-10-8-16-6-7-20(22)26-15-16)24-9-5-11-29-19-13-17(27-2)12-18(14-19)28-3;/h6-7,12-15H,4-5,8-11H2,1-3H3,(H2,23,24,25);1H. The van der Waals surface area contributed by atoms with Crippen molar-refractivity contribution < 1.29 is 14.2 Å². The number of guanidine groups is 1. The van der Waals surface area contributed by atoms with Crippen molar-refractivity contribution in [2.75, 3.05) is 40.5 Å². The highest BCUT2D eigenvalue weighted by Crippen LogP contribution is 2.27. The molecule has 1 aromatic heterocycles. The summed E-state index contributed by atoms with van der Waals surface area (Å²) in [6, 6.07) is 9.26. The molecule has 0 fully saturated rings. The number of aromatic nitrogens is 1. The van der Waals surface area contributed by atoms with Gasteiger partial charge in [-0.05, 0) is 25.0 Å². The molecule has 0 aliphatic carbocycles. The van der Waals surface area contributed by atoms with Crippen LogP contribution in [0.1, 0.15) is 18.9 Å². The van der Waals surface area contributed by atoms with E-state index in [9.17, 15) is 0 Å². The summed E-state index contributed by atoms with van der Waals surface area (Å²) >= 11 is 5.81. The largest absolute Gasteiger partial charge is 0.496 e. The molecule has 166 valence electrons. The minimum Gasteiger partial charge on any atom is -0.496 e. The van der Waals surface area contributed by atoms with Gasteiger partial charge in [0.2, 0.25) is 0 Å². The van der Waals surface area contributed by atoms with Crippen molar-refractivity contribution in [1.82, 2.24) is 15.6 Å². The van der Waals surface area contributed by atoms with Gasteiger partial charge in [-0.3, -0.25) is 4.99 Å². The number of methoxy groups -OCH3 is 2. The van der Waals surface area contributed by atoms with Crippen LogP contribution >= 0.6 is 35.6 Å². The van der Waals surface area contributed by atoms with Gasteiger partial charge in [0.05, 0.1) is 20.8 Å². The molecule has 0 atom stereocenters. The number of ether oxygens (including phenoxy) is 3. The molecule has 0 amide bonds. The van der Waals surface area contributed by atoms with E-state index >= 15 is 0 Å². The molecule has 0 unspecified atom stereocenters. The van der Waals surface area contributed by atoms with Gasteiger partial charge in [-0.15, -0.1) is 24.0 Å². The fourth-order valence-electron chi connectivity index (χ4n) is 2.53. The van der Waals surface area contributed by atoms with E-state index in [4.69, 9.17) is 25.8 Å². The molecule has 1 heterocycles. The van der Waals surface area contributed by atoms with Crippen LogP contribution in [0, 0.1) is 0 Å². The molecular formula is C21H30ClIN4O3. The van der Waals surface area contributed by atoms with Gasteiger partial charge in [0.25, 0.3) is 0 Å². The number of nitrogens with one attached hydrogen (secondary N) is 2. The topological polar surface area (TPSA) is 77.0 Å². The molecule has 0 aliphatic rings. The highest BCUT2D eigenvalue weighted by atomic mass is 127. The van der Waals surface area contributed by atoms with Crippen LogP contribution in [0.5, 0.6) is 17.2 Å². The first-order chi connectivity index (χ1) is 14.1. The van der Waals surface area contributed by atoms with E-state index in [1.54, 1.807) is 26.5 Å². The van der Waals surface area contributed by atoms with Crippen LogP contribution in [-0.4, -0.2) is 51.4 Å². The number of benzene rings is 1. The lowest BCUT2D eigenvalue weighted by Crippen LogP contribution is -2.38. The maximum absolute atomic E-state index is 5.81. The zero-order valence-electron chi connectivity index (χ0n) is 17.6. The third kappa shape index (κ3) is 9.71. The maximum atomic E-state index is 5.81. The average molecular weight is 549 g/mol. The van der Waals surface area contributed by atoms with E-state index in [0.717, 1.165) is 37.5 Å². The Bertz CT molecular complexity index is 753. The van der Waals surface area contributed by atoms with Gasteiger partial charge in [-0.1, -0.05) is 17.7 Å². The maximum Gasteiger partial charge on any atom is 0.191 e. The molecule has 0 saturated heterocycles. The van der Waals surface area contributed by atoms with Crippen LogP contribution in [0.4, 0.5) is 0 Å². The van der Waals surface area contributed by atoms with Gasteiger partial charge in [0.1, 0.15) is 22.4 Å². The molecule has 1 aromatic carbocycles. The first-order valence-corrected chi connectivity index (χ1v) is 10.0. The van der Waals surface area contributed by atoms with Crippen molar-refractivity contribution in [1.29, 1.82) is 0 Å². The molecule has 0 bridgehead atoms. The number of halogens is 2. The van der Waals surface area contributed by atoms with E-state index in [0.29, 0.717) is 35.6 Å². The van der Waals surface area contributed by atoms with Gasteiger partial charge >= 0.3 is 0 Å². The molecule has 0 aliphatic heterocycles. The third-order valence-corrected chi connectivity index (χ3v) is 4.23. The lowest BCUT2D eigenvalue weighted by molar-refractivity contribution is 0.307. The first kappa shape index (κ1) is 26.1. The Morgan fingerprint density at radius 3 is 2.37 bits per heavy atom. The number of hydrogen-bond acceptors (Lipinski definition) is 5. The van der Waals surface area contributed by atoms with Gasteiger partial charge < -0.3 is 24.8 Å². The zero-order valence-corrected chi connectivity index (χ0v) is 20.7. The number of hydrogen-bond donors (Lipinski definition) is 2. The molecule has 2 rings (SSSR count). The van der Waals surface area contributed by atoms with E-state index in [1.807, 2.05) is 31.2 Å². The van der Waals surface area contributed by atoms with Gasteiger partial charge in [-0.2, -0.15) is 0 Å². The van der Waals surface area contributed by atoms with Crippen molar-refractivity contribution >= 4 is 41.5 Å². The van der Waals surface area contributed by atoms with E-state index in [1.165, 1.54) is 0 Å². The summed E-state index contributed by atoms with van der Waals surface area (Å²) in [6.45, 7) is 4.80. The fourth-order valence-corrected chi connectivity index (χ4v) is 2.64. The number of nitrogens with zero attached hydrogens (tertiary/aromatic N) is 2. The quantitative estimate of drug-likeness (QED) is 0.146. The monoisotopic (exact) mass is 548 g/mol. The smallest absolute Gasteiger partial charge is 0.191 e. The van der Waals surface area contributed by atoms with E-state index in [-0.39, 0.29) is 24.0 Å². The Hall–Kier alpha value is -1.94. The Kier molecular flexibility index (Phi) is 13.0. The van der Waals surface area contributed by atoms with Crippen LogP contribution in [0.2, 0.25) is 5.15 Å². The first-order valence-electron chi connectivity index (χ1n) is 9.63. The van der Waals surface area contributed by atoms with Crippen molar-refractivity contribution in [3.05, 3.63) is 47.2 Å². The highest BCUT2D eigenvalue weighted by Gasteiger charge is 2.03. The molecular weight excluding hydrogens is 519 g/mol. The molecule has 2 N–H and O–H groups in total. The number of pyridine rings is 1. The molecule has 9 heteroatoms. The van der Waals surface area contributed by atoms with E-state index in [2.05, 4.69) is 20.6 Å². The van der Waals surface area contributed by atoms with Crippen molar-refractivity contribution in [3.8, 4) is 17.2 Å².